The molecule has 8 rings (SSSR count). The molecular weight excluding hydrogens is 504 g/mol. The lowest BCUT2D eigenvalue weighted by molar-refractivity contribution is 0.670. The van der Waals surface area contributed by atoms with E-state index in [2.05, 4.69) is 42.5 Å². The standard InChI is InChI=1S/C36H22N4O/c1-4-12-23(13-5-1)29-22-37-32(31-28-20-26-18-10-11-19-27(26)21-30(28)41-33(29)31)36-39-34(24-14-6-2-7-15-24)38-35(40-36)25-16-8-3-9-17-25/h1-22H. The molecule has 0 amide bonds. The number of nitrogens with zero attached hydrogens (tertiary/aromatic N) is 4. The third kappa shape index (κ3) is 4.03. The van der Waals surface area contributed by atoms with Gasteiger partial charge in [0.1, 0.15) is 16.9 Å². The summed E-state index contributed by atoms with van der Waals surface area (Å²) in [5.41, 5.74) is 5.99. The maximum atomic E-state index is 6.63. The second-order valence-electron chi connectivity index (χ2n) is 9.93. The van der Waals surface area contributed by atoms with Crippen LogP contribution in [0.15, 0.2) is 138 Å². The second-order valence-corrected chi connectivity index (χ2v) is 9.93. The first kappa shape index (κ1) is 23.2. The van der Waals surface area contributed by atoms with Crippen LogP contribution >= 0.6 is 0 Å². The highest BCUT2D eigenvalue weighted by Crippen LogP contribution is 2.41. The van der Waals surface area contributed by atoms with E-state index in [1.165, 1.54) is 0 Å². The number of hydrogen-bond donors (Lipinski definition) is 0. The first-order chi connectivity index (χ1) is 20.3. The third-order valence-electron chi connectivity index (χ3n) is 7.36. The van der Waals surface area contributed by atoms with Crippen molar-refractivity contribution in [2.75, 3.05) is 0 Å². The molecule has 5 aromatic carbocycles. The lowest BCUT2D eigenvalue weighted by atomic mass is 10.0. The fourth-order valence-electron chi connectivity index (χ4n) is 5.37. The molecule has 0 N–H and O–H groups in total. The average Bonchev–Trinajstić information content (AvgIpc) is 3.42. The highest BCUT2D eigenvalue weighted by molar-refractivity contribution is 6.17. The van der Waals surface area contributed by atoms with Gasteiger partial charge in [-0.2, -0.15) is 0 Å². The van der Waals surface area contributed by atoms with Crippen molar-refractivity contribution >= 4 is 32.7 Å². The van der Waals surface area contributed by atoms with E-state index in [1.807, 2.05) is 91.1 Å². The molecule has 3 aromatic heterocycles. The fourth-order valence-corrected chi connectivity index (χ4v) is 5.37. The number of furan rings is 1. The minimum Gasteiger partial charge on any atom is -0.455 e. The number of pyridine rings is 1. The average molecular weight is 527 g/mol. The molecule has 5 nitrogen and oxygen atoms in total. The van der Waals surface area contributed by atoms with Crippen molar-refractivity contribution in [3.05, 3.63) is 134 Å². The summed E-state index contributed by atoms with van der Waals surface area (Å²) < 4.78 is 6.63. The van der Waals surface area contributed by atoms with Gasteiger partial charge >= 0.3 is 0 Å². The van der Waals surface area contributed by atoms with E-state index in [0.717, 1.165) is 55.0 Å². The first-order valence-corrected chi connectivity index (χ1v) is 13.5. The Kier molecular flexibility index (Phi) is 5.38. The number of aromatic nitrogens is 4. The molecule has 8 aromatic rings. The van der Waals surface area contributed by atoms with Gasteiger partial charge in [-0.15, -0.1) is 0 Å². The molecule has 0 saturated carbocycles. The molecule has 41 heavy (non-hydrogen) atoms. The van der Waals surface area contributed by atoms with Crippen LogP contribution in [0.1, 0.15) is 0 Å². The zero-order valence-corrected chi connectivity index (χ0v) is 21.9. The molecule has 0 spiro atoms. The van der Waals surface area contributed by atoms with Gasteiger partial charge in [0, 0.05) is 28.3 Å². The lowest BCUT2D eigenvalue weighted by Crippen LogP contribution is -2.01. The second kappa shape index (κ2) is 9.50. The zero-order chi connectivity index (χ0) is 27.2. The smallest absolute Gasteiger partial charge is 0.183 e. The Hall–Kier alpha value is -5.68. The van der Waals surface area contributed by atoms with Crippen LogP contribution in [0, 0.1) is 0 Å². The molecule has 0 aliphatic rings. The van der Waals surface area contributed by atoms with Crippen molar-refractivity contribution in [2.45, 2.75) is 0 Å². The van der Waals surface area contributed by atoms with Gasteiger partial charge in [0.2, 0.25) is 0 Å². The van der Waals surface area contributed by atoms with E-state index in [1.54, 1.807) is 0 Å². The van der Waals surface area contributed by atoms with E-state index in [-0.39, 0.29) is 0 Å². The molecule has 0 bridgehead atoms. The Balaban J connectivity index is 1.46. The number of hydrogen-bond acceptors (Lipinski definition) is 5. The Morgan fingerprint density at radius 2 is 1.00 bits per heavy atom. The van der Waals surface area contributed by atoms with Crippen molar-refractivity contribution in [1.82, 2.24) is 19.9 Å². The Morgan fingerprint density at radius 1 is 0.488 bits per heavy atom. The maximum absolute atomic E-state index is 6.63. The summed E-state index contributed by atoms with van der Waals surface area (Å²) >= 11 is 0. The number of rotatable bonds is 4. The minimum absolute atomic E-state index is 0.498. The summed E-state index contributed by atoms with van der Waals surface area (Å²) in [5, 5.41) is 4.11. The van der Waals surface area contributed by atoms with E-state index >= 15 is 0 Å². The van der Waals surface area contributed by atoms with Gasteiger partial charge in [-0.05, 0) is 28.5 Å². The molecule has 0 aliphatic carbocycles. The molecule has 0 fully saturated rings. The van der Waals surface area contributed by atoms with Gasteiger partial charge in [0.25, 0.3) is 0 Å². The van der Waals surface area contributed by atoms with Crippen LogP contribution in [0.25, 0.3) is 78.1 Å². The van der Waals surface area contributed by atoms with Gasteiger partial charge in [-0.1, -0.05) is 115 Å². The molecule has 5 heteroatoms. The van der Waals surface area contributed by atoms with Gasteiger partial charge in [0.05, 0.1) is 5.39 Å². The van der Waals surface area contributed by atoms with Crippen LogP contribution in [-0.2, 0) is 0 Å². The van der Waals surface area contributed by atoms with Gasteiger partial charge in [-0.25, -0.2) is 15.0 Å². The molecule has 0 atom stereocenters. The van der Waals surface area contributed by atoms with Gasteiger partial charge < -0.3 is 4.42 Å². The summed E-state index contributed by atoms with van der Waals surface area (Å²) in [4.78, 5) is 19.8. The molecule has 0 aliphatic heterocycles. The molecule has 0 radical (unpaired) electrons. The SMILES string of the molecule is c1ccc(-c2nc(-c3ccccc3)nc(-c3ncc(-c4ccccc4)c4oc5cc6ccccc6cc5c34)n2)cc1. The molecule has 3 heterocycles. The Labute approximate surface area is 235 Å². The highest BCUT2D eigenvalue weighted by Gasteiger charge is 2.22. The van der Waals surface area contributed by atoms with E-state index < -0.39 is 0 Å². The van der Waals surface area contributed by atoms with Crippen LogP contribution in [0.4, 0.5) is 0 Å². The van der Waals surface area contributed by atoms with Crippen molar-refractivity contribution in [3.8, 4) is 45.4 Å². The van der Waals surface area contributed by atoms with E-state index in [4.69, 9.17) is 24.4 Å². The van der Waals surface area contributed by atoms with E-state index in [9.17, 15) is 0 Å². The maximum Gasteiger partial charge on any atom is 0.183 e. The fraction of sp³-hybridized carbons (Fsp3) is 0. The topological polar surface area (TPSA) is 64.7 Å². The highest BCUT2D eigenvalue weighted by atomic mass is 16.3. The van der Waals surface area contributed by atoms with Crippen LogP contribution in [0.5, 0.6) is 0 Å². The summed E-state index contributed by atoms with van der Waals surface area (Å²) in [6.45, 7) is 0. The normalized spacial score (nSPS) is 11.4. The first-order valence-electron chi connectivity index (χ1n) is 13.5. The zero-order valence-electron chi connectivity index (χ0n) is 21.9. The number of benzene rings is 5. The quantitative estimate of drug-likeness (QED) is 0.229. The minimum atomic E-state index is 0.498. The summed E-state index contributed by atoms with van der Waals surface area (Å²) in [5.74, 6) is 1.68. The predicted molar refractivity (Wildman–Crippen MR) is 164 cm³/mol. The van der Waals surface area contributed by atoms with Crippen molar-refractivity contribution in [2.24, 2.45) is 0 Å². The van der Waals surface area contributed by atoms with Crippen LogP contribution in [0.2, 0.25) is 0 Å². The molecule has 192 valence electrons. The molecule has 0 unspecified atom stereocenters. The largest absolute Gasteiger partial charge is 0.455 e. The van der Waals surface area contributed by atoms with Crippen molar-refractivity contribution < 1.29 is 4.42 Å². The monoisotopic (exact) mass is 526 g/mol. The predicted octanol–water partition coefficient (Wildman–Crippen LogP) is 8.99. The van der Waals surface area contributed by atoms with E-state index in [0.29, 0.717) is 23.2 Å². The Morgan fingerprint density at radius 3 is 1.61 bits per heavy atom. The van der Waals surface area contributed by atoms with Crippen molar-refractivity contribution in [1.29, 1.82) is 0 Å². The Bertz CT molecular complexity index is 2130. The van der Waals surface area contributed by atoms with Crippen LogP contribution < -0.4 is 0 Å². The summed E-state index contributed by atoms with van der Waals surface area (Å²) in [6, 6.07) is 42.7. The summed E-state index contributed by atoms with van der Waals surface area (Å²) in [6.07, 6.45) is 1.86. The van der Waals surface area contributed by atoms with Gasteiger partial charge in [-0.3, -0.25) is 4.98 Å². The van der Waals surface area contributed by atoms with Crippen LogP contribution in [-0.4, -0.2) is 19.9 Å². The molecular formula is C36H22N4O. The van der Waals surface area contributed by atoms with Gasteiger partial charge in [0.15, 0.2) is 17.5 Å². The molecule has 0 saturated heterocycles. The third-order valence-corrected chi connectivity index (χ3v) is 7.36. The lowest BCUT2D eigenvalue weighted by Gasteiger charge is -2.10. The van der Waals surface area contributed by atoms with Crippen LogP contribution in [0.3, 0.4) is 0 Å². The van der Waals surface area contributed by atoms with Crippen molar-refractivity contribution in [3.63, 3.8) is 0 Å². The number of fused-ring (bicyclic) bond motifs is 4. The summed E-state index contributed by atoms with van der Waals surface area (Å²) in [7, 11) is 0.